The average Bonchev–Trinajstić information content (AvgIpc) is 3.77. The monoisotopic (exact) mass is 1290 g/mol. The smallest absolute Gasteiger partial charge is 0.305 e. The number of ether oxygens (including phenoxy) is 1. The van der Waals surface area contributed by atoms with E-state index in [1.807, 2.05) is 0 Å². The van der Waals surface area contributed by atoms with Crippen molar-refractivity contribution in [3.63, 3.8) is 0 Å². The fourth-order valence-electron chi connectivity index (χ4n) is 13.8. The van der Waals surface area contributed by atoms with Gasteiger partial charge in [0.1, 0.15) is 0 Å². The molecule has 2 atom stereocenters. The van der Waals surface area contributed by atoms with Crippen LogP contribution >= 0.6 is 0 Å². The molecule has 0 aromatic carbocycles. The second kappa shape index (κ2) is 81.8. The van der Waals surface area contributed by atoms with E-state index in [1.165, 1.54) is 411 Å². The van der Waals surface area contributed by atoms with Crippen LogP contribution in [-0.4, -0.2) is 47.4 Å². The summed E-state index contributed by atoms with van der Waals surface area (Å²) in [5.41, 5.74) is 0. The molecule has 0 saturated carbocycles. The van der Waals surface area contributed by atoms with Crippen LogP contribution in [0.2, 0.25) is 0 Å². The molecule has 3 N–H and O–H groups in total. The number of hydrogen-bond acceptors (Lipinski definition) is 5. The molecule has 0 radical (unpaired) electrons. The van der Waals surface area contributed by atoms with Crippen molar-refractivity contribution in [1.82, 2.24) is 5.32 Å². The maximum atomic E-state index is 12.6. The van der Waals surface area contributed by atoms with Crippen LogP contribution < -0.4 is 5.32 Å². The van der Waals surface area contributed by atoms with Crippen LogP contribution in [0.5, 0.6) is 0 Å². The molecule has 0 bridgehead atoms. The van der Waals surface area contributed by atoms with Gasteiger partial charge in [-0.1, -0.05) is 443 Å². The summed E-state index contributed by atoms with van der Waals surface area (Å²) in [6, 6.07) is -0.541. The number of aliphatic hydroxyl groups is 2. The average molecular weight is 1300 g/mol. The molecule has 0 saturated heterocycles. The Labute approximate surface area is 577 Å². The minimum atomic E-state index is -0.664. The molecule has 0 rings (SSSR count). The van der Waals surface area contributed by atoms with Gasteiger partial charge in [-0.25, -0.2) is 0 Å². The Morgan fingerprint density at radius 1 is 0.304 bits per heavy atom. The van der Waals surface area contributed by atoms with Gasteiger partial charge in [-0.15, -0.1) is 0 Å². The molecule has 0 spiro atoms. The van der Waals surface area contributed by atoms with Crippen molar-refractivity contribution in [1.29, 1.82) is 0 Å². The van der Waals surface area contributed by atoms with Gasteiger partial charge >= 0.3 is 5.97 Å². The minimum Gasteiger partial charge on any atom is -0.466 e. The van der Waals surface area contributed by atoms with Gasteiger partial charge in [-0.2, -0.15) is 0 Å². The molecule has 0 aromatic heterocycles. The van der Waals surface area contributed by atoms with E-state index in [9.17, 15) is 19.8 Å². The first-order valence-corrected chi connectivity index (χ1v) is 42.6. The van der Waals surface area contributed by atoms with Crippen LogP contribution in [0.15, 0.2) is 24.3 Å². The first kappa shape index (κ1) is 90.3. The SMILES string of the molecule is CCCCCCCCCCCCCCCCCCCCCCCCCCCC(O)C(CO)NC(=O)CCCCCCCCCCCCCCCCCCC/C=C\C/C=C\CCCCCCCCCCCCCCCCCOC(=O)CCCCCCCCCCCCC. The molecule has 0 heterocycles. The molecule has 0 fully saturated rings. The summed E-state index contributed by atoms with van der Waals surface area (Å²) in [5.74, 6) is -0.00450. The van der Waals surface area contributed by atoms with E-state index in [1.54, 1.807) is 0 Å². The molecule has 0 aliphatic carbocycles. The van der Waals surface area contributed by atoms with Crippen LogP contribution in [0, 0.1) is 0 Å². The molecular formula is C86H167NO5. The normalized spacial score (nSPS) is 12.5. The number of aliphatic hydroxyl groups excluding tert-OH is 2. The Morgan fingerprint density at radius 2 is 0.543 bits per heavy atom. The quantitative estimate of drug-likeness (QED) is 0.0320. The highest BCUT2D eigenvalue weighted by Gasteiger charge is 2.20. The van der Waals surface area contributed by atoms with Crippen LogP contribution in [-0.2, 0) is 14.3 Å². The van der Waals surface area contributed by atoms with E-state index in [4.69, 9.17) is 4.74 Å². The number of amides is 1. The standard InChI is InChI=1S/C86H167NO5/c1-3-5-7-9-11-13-15-16-17-18-19-20-21-37-40-43-46-49-52-55-59-62-66-70-74-78-84(89)83(82-88)87-85(90)79-75-71-67-63-60-56-53-50-47-44-41-38-35-33-31-29-27-25-23-22-24-26-28-30-32-34-36-39-42-45-48-51-54-57-61-65-69-73-77-81-92-86(91)80-76-72-68-64-58-14-12-10-8-6-4-2/h22-23,26,28,83-84,88-89H,3-21,24-25,27,29-82H2,1-2H3,(H,87,90)/b23-22-,28-26-. The Kier molecular flexibility index (Phi) is 80.3. The molecule has 0 aliphatic heterocycles. The minimum absolute atomic E-state index is 0.0210. The summed E-state index contributed by atoms with van der Waals surface area (Å²) in [6.45, 7) is 5.01. The molecule has 546 valence electrons. The zero-order chi connectivity index (χ0) is 66.3. The third kappa shape index (κ3) is 77.3. The number of nitrogens with one attached hydrogen (secondary N) is 1. The lowest BCUT2D eigenvalue weighted by Crippen LogP contribution is -2.45. The Balaban J connectivity index is 3.36. The van der Waals surface area contributed by atoms with Crippen LogP contribution in [0.3, 0.4) is 0 Å². The molecule has 0 aliphatic rings. The van der Waals surface area contributed by atoms with Crippen molar-refractivity contribution in [2.45, 2.75) is 501 Å². The summed E-state index contributed by atoms with van der Waals surface area (Å²) in [7, 11) is 0. The second-order valence-electron chi connectivity index (χ2n) is 29.5. The van der Waals surface area contributed by atoms with Crippen molar-refractivity contribution in [3.05, 3.63) is 24.3 Å². The van der Waals surface area contributed by atoms with Crippen LogP contribution in [0.4, 0.5) is 0 Å². The summed E-state index contributed by atoms with van der Waals surface area (Å²) < 4.78 is 5.48. The number of unbranched alkanes of at least 4 members (excludes halogenated alkanes) is 66. The lowest BCUT2D eigenvalue weighted by molar-refractivity contribution is -0.143. The fourth-order valence-corrected chi connectivity index (χ4v) is 13.8. The molecule has 1 amide bonds. The van der Waals surface area contributed by atoms with Gasteiger partial charge < -0.3 is 20.3 Å². The van der Waals surface area contributed by atoms with E-state index in [0.29, 0.717) is 25.9 Å². The fraction of sp³-hybridized carbons (Fsp3) is 0.930. The predicted octanol–water partition coefficient (Wildman–Crippen LogP) is 28.4. The van der Waals surface area contributed by atoms with Gasteiger partial charge in [0.2, 0.25) is 5.91 Å². The lowest BCUT2D eigenvalue weighted by Gasteiger charge is -2.22. The summed E-state index contributed by atoms with van der Waals surface area (Å²) >= 11 is 0. The molecule has 2 unspecified atom stereocenters. The lowest BCUT2D eigenvalue weighted by atomic mass is 10.0. The largest absolute Gasteiger partial charge is 0.466 e. The first-order valence-electron chi connectivity index (χ1n) is 42.6. The van der Waals surface area contributed by atoms with E-state index < -0.39 is 12.1 Å². The molecule has 6 heteroatoms. The van der Waals surface area contributed by atoms with E-state index >= 15 is 0 Å². The maximum absolute atomic E-state index is 12.6. The van der Waals surface area contributed by atoms with Crippen molar-refractivity contribution in [3.8, 4) is 0 Å². The van der Waals surface area contributed by atoms with Crippen molar-refractivity contribution >= 4 is 11.9 Å². The Hall–Kier alpha value is -1.66. The van der Waals surface area contributed by atoms with Crippen molar-refractivity contribution in [2.75, 3.05) is 13.2 Å². The third-order valence-electron chi connectivity index (χ3n) is 20.3. The van der Waals surface area contributed by atoms with Gasteiger partial charge in [0.15, 0.2) is 0 Å². The number of allylic oxidation sites excluding steroid dienone is 4. The van der Waals surface area contributed by atoms with E-state index in [-0.39, 0.29) is 18.5 Å². The van der Waals surface area contributed by atoms with Gasteiger partial charge in [0.05, 0.1) is 25.4 Å². The van der Waals surface area contributed by atoms with Gasteiger partial charge in [0, 0.05) is 12.8 Å². The number of carbonyl (C=O) groups is 2. The van der Waals surface area contributed by atoms with Crippen molar-refractivity contribution < 1.29 is 24.5 Å². The highest BCUT2D eigenvalue weighted by atomic mass is 16.5. The number of esters is 1. The van der Waals surface area contributed by atoms with E-state index in [2.05, 4.69) is 43.5 Å². The summed E-state index contributed by atoms with van der Waals surface area (Å²) in [5, 5.41) is 23.5. The molecule has 6 nitrogen and oxygen atoms in total. The van der Waals surface area contributed by atoms with Gasteiger partial charge in [0.25, 0.3) is 0 Å². The number of rotatable bonds is 81. The summed E-state index contributed by atoms with van der Waals surface area (Å²) in [6.07, 6.45) is 106. The summed E-state index contributed by atoms with van der Waals surface area (Å²) in [4.78, 5) is 24.6. The van der Waals surface area contributed by atoms with Crippen LogP contribution in [0.1, 0.15) is 489 Å². The second-order valence-corrected chi connectivity index (χ2v) is 29.5. The molecular weight excluding hydrogens is 1130 g/mol. The Bertz CT molecular complexity index is 1450. The van der Waals surface area contributed by atoms with Gasteiger partial charge in [-0.3, -0.25) is 9.59 Å². The molecule has 92 heavy (non-hydrogen) atoms. The zero-order valence-electron chi connectivity index (χ0n) is 62.8. The Morgan fingerprint density at radius 3 is 0.826 bits per heavy atom. The van der Waals surface area contributed by atoms with E-state index in [0.717, 1.165) is 44.9 Å². The maximum Gasteiger partial charge on any atom is 0.305 e. The van der Waals surface area contributed by atoms with Crippen LogP contribution in [0.25, 0.3) is 0 Å². The van der Waals surface area contributed by atoms with Gasteiger partial charge in [-0.05, 0) is 57.8 Å². The predicted molar refractivity (Wildman–Crippen MR) is 407 cm³/mol. The number of carbonyl (C=O) groups excluding carboxylic acids is 2. The third-order valence-corrected chi connectivity index (χ3v) is 20.3. The zero-order valence-corrected chi connectivity index (χ0v) is 62.8. The number of hydrogen-bond donors (Lipinski definition) is 3. The highest BCUT2D eigenvalue weighted by Crippen LogP contribution is 2.21. The molecule has 0 aromatic rings. The van der Waals surface area contributed by atoms with Crippen molar-refractivity contribution in [2.24, 2.45) is 0 Å². The first-order chi connectivity index (χ1) is 45.5. The topological polar surface area (TPSA) is 95.9 Å². The highest BCUT2D eigenvalue weighted by molar-refractivity contribution is 5.76.